The van der Waals surface area contributed by atoms with E-state index in [0.29, 0.717) is 0 Å². The van der Waals surface area contributed by atoms with Crippen molar-refractivity contribution in [3.8, 4) is 0 Å². The lowest BCUT2D eigenvalue weighted by molar-refractivity contribution is -0.151. The summed E-state index contributed by atoms with van der Waals surface area (Å²) in [6.07, 6.45) is 11.1. The van der Waals surface area contributed by atoms with E-state index in [4.69, 9.17) is 0 Å². The molecule has 2 atom stereocenters. The maximum Gasteiger partial charge on any atom is 0.308 e. The van der Waals surface area contributed by atoms with Crippen LogP contribution in [0.1, 0.15) is 11.1 Å². The quantitative estimate of drug-likeness (QED) is 0.696. The van der Waals surface area contributed by atoms with Gasteiger partial charge >= 0.3 is 11.9 Å². The molecule has 0 spiro atoms. The third kappa shape index (κ3) is 4.72. The van der Waals surface area contributed by atoms with Crippen LogP contribution in [0.2, 0.25) is 0 Å². The van der Waals surface area contributed by atoms with E-state index in [-0.39, 0.29) is 12.8 Å². The van der Waals surface area contributed by atoms with Gasteiger partial charge < -0.3 is 10.2 Å². The molecule has 0 aromatic heterocycles. The van der Waals surface area contributed by atoms with Gasteiger partial charge in [0.1, 0.15) is 0 Å². The number of hydrogen-bond acceptors (Lipinski definition) is 2. The standard InChI is InChI=1S/C25H24O4/c26-23(27)21(17-19-11-5-3-6-12-19)25(15-9-1-2-10-16-25)22(24(28)29)18-20-13-7-4-8-14-20/h1-16,21-22H,17-18H2,(H,26,27)(H,28,29). The Labute approximate surface area is 170 Å². The predicted octanol–water partition coefficient (Wildman–Crippen LogP) is 4.54. The minimum atomic E-state index is -1.17. The molecule has 1 aliphatic rings. The second-order valence-corrected chi connectivity index (χ2v) is 7.26. The number of rotatable bonds is 8. The molecule has 148 valence electrons. The van der Waals surface area contributed by atoms with Crippen molar-refractivity contribution in [3.05, 3.63) is 108 Å². The molecular weight excluding hydrogens is 364 g/mol. The number of carboxylic acid groups (broad SMARTS) is 2. The lowest BCUT2D eigenvalue weighted by Crippen LogP contribution is -2.44. The topological polar surface area (TPSA) is 74.6 Å². The summed E-state index contributed by atoms with van der Waals surface area (Å²) in [5, 5.41) is 20.3. The smallest absolute Gasteiger partial charge is 0.308 e. The highest BCUT2D eigenvalue weighted by Gasteiger charge is 2.48. The molecule has 1 aliphatic carbocycles. The van der Waals surface area contributed by atoms with Gasteiger partial charge in [-0.25, -0.2) is 0 Å². The normalized spacial score (nSPS) is 16.7. The van der Waals surface area contributed by atoms with Gasteiger partial charge in [-0.15, -0.1) is 0 Å². The van der Waals surface area contributed by atoms with Gasteiger partial charge in [0.25, 0.3) is 0 Å². The molecule has 2 aromatic rings. The average molecular weight is 388 g/mol. The van der Waals surface area contributed by atoms with Crippen molar-refractivity contribution in [1.82, 2.24) is 0 Å². The van der Waals surface area contributed by atoms with Crippen LogP contribution in [-0.2, 0) is 22.4 Å². The van der Waals surface area contributed by atoms with E-state index in [1.54, 1.807) is 36.5 Å². The Morgan fingerprint density at radius 2 is 1.03 bits per heavy atom. The Hall–Kier alpha value is -3.40. The zero-order chi connectivity index (χ0) is 20.7. The largest absolute Gasteiger partial charge is 0.481 e. The number of hydrogen-bond donors (Lipinski definition) is 2. The maximum absolute atomic E-state index is 12.4. The van der Waals surface area contributed by atoms with Crippen molar-refractivity contribution in [1.29, 1.82) is 0 Å². The van der Waals surface area contributed by atoms with E-state index in [1.807, 2.05) is 60.7 Å². The summed E-state index contributed by atoms with van der Waals surface area (Å²) in [6, 6.07) is 18.7. The van der Waals surface area contributed by atoms with Crippen LogP contribution in [0.4, 0.5) is 0 Å². The number of benzene rings is 2. The zero-order valence-corrected chi connectivity index (χ0v) is 16.0. The second kappa shape index (κ2) is 9.20. The SMILES string of the molecule is O=C(O)C(Cc1ccccc1)C1(C(Cc2ccccc2)C(=O)O)C=CC=CC=C1. The summed E-state index contributed by atoms with van der Waals surface area (Å²) in [6.45, 7) is 0. The molecule has 0 radical (unpaired) electrons. The van der Waals surface area contributed by atoms with Gasteiger partial charge in [-0.1, -0.05) is 97.1 Å². The molecule has 4 nitrogen and oxygen atoms in total. The van der Waals surface area contributed by atoms with Crippen molar-refractivity contribution in [2.45, 2.75) is 12.8 Å². The fourth-order valence-electron chi connectivity index (χ4n) is 3.99. The molecule has 2 N–H and O–H groups in total. The van der Waals surface area contributed by atoms with Crippen LogP contribution < -0.4 is 0 Å². The van der Waals surface area contributed by atoms with Gasteiger partial charge in [-0.05, 0) is 24.0 Å². The molecular formula is C25H24O4. The predicted molar refractivity (Wildman–Crippen MR) is 112 cm³/mol. The molecule has 3 rings (SSSR count). The van der Waals surface area contributed by atoms with Crippen LogP contribution in [0.15, 0.2) is 97.1 Å². The third-order valence-corrected chi connectivity index (χ3v) is 5.47. The Balaban J connectivity index is 2.09. The van der Waals surface area contributed by atoms with E-state index in [0.717, 1.165) is 11.1 Å². The number of carbonyl (C=O) groups is 2. The Kier molecular flexibility index (Phi) is 6.45. The molecule has 29 heavy (non-hydrogen) atoms. The van der Waals surface area contributed by atoms with E-state index in [9.17, 15) is 19.8 Å². The Bertz CT molecular complexity index is 848. The fraction of sp³-hybridized carbons (Fsp3) is 0.200. The minimum absolute atomic E-state index is 0.240. The first-order chi connectivity index (χ1) is 14.0. The molecule has 0 bridgehead atoms. The van der Waals surface area contributed by atoms with Gasteiger partial charge in [0.2, 0.25) is 0 Å². The Morgan fingerprint density at radius 3 is 1.38 bits per heavy atom. The van der Waals surface area contributed by atoms with E-state index in [2.05, 4.69) is 0 Å². The lowest BCUT2D eigenvalue weighted by Gasteiger charge is -2.38. The summed E-state index contributed by atoms with van der Waals surface area (Å²) in [5.74, 6) is -3.88. The van der Waals surface area contributed by atoms with Crippen LogP contribution >= 0.6 is 0 Å². The van der Waals surface area contributed by atoms with Crippen molar-refractivity contribution >= 4 is 11.9 Å². The van der Waals surface area contributed by atoms with Crippen LogP contribution in [0.5, 0.6) is 0 Å². The highest BCUT2D eigenvalue weighted by molar-refractivity contribution is 5.78. The molecule has 2 unspecified atom stereocenters. The first kappa shape index (κ1) is 20.3. The average Bonchev–Trinajstić information content (AvgIpc) is 2.98. The summed E-state index contributed by atoms with van der Waals surface area (Å²) in [7, 11) is 0. The van der Waals surface area contributed by atoms with Crippen LogP contribution in [0, 0.1) is 17.3 Å². The molecule has 0 fully saturated rings. The van der Waals surface area contributed by atoms with Crippen LogP contribution in [0.25, 0.3) is 0 Å². The maximum atomic E-state index is 12.4. The lowest BCUT2D eigenvalue weighted by atomic mass is 9.62. The van der Waals surface area contributed by atoms with Crippen molar-refractivity contribution in [2.75, 3.05) is 0 Å². The number of allylic oxidation sites excluding steroid dienone is 6. The summed E-state index contributed by atoms with van der Waals surface area (Å²) >= 11 is 0. The highest BCUT2D eigenvalue weighted by Crippen LogP contribution is 2.44. The van der Waals surface area contributed by atoms with Gasteiger partial charge in [0.05, 0.1) is 11.8 Å². The van der Waals surface area contributed by atoms with E-state index >= 15 is 0 Å². The number of carboxylic acids is 2. The molecule has 0 saturated heterocycles. The third-order valence-electron chi connectivity index (χ3n) is 5.47. The van der Waals surface area contributed by atoms with Gasteiger partial charge in [-0.2, -0.15) is 0 Å². The van der Waals surface area contributed by atoms with Crippen molar-refractivity contribution < 1.29 is 19.8 Å². The monoisotopic (exact) mass is 388 g/mol. The first-order valence-electron chi connectivity index (χ1n) is 9.60. The van der Waals surface area contributed by atoms with Gasteiger partial charge in [-0.3, -0.25) is 9.59 Å². The minimum Gasteiger partial charge on any atom is -0.481 e. The number of aliphatic carboxylic acids is 2. The molecule has 0 saturated carbocycles. The van der Waals surface area contributed by atoms with Gasteiger partial charge in [0, 0.05) is 5.41 Å². The second-order valence-electron chi connectivity index (χ2n) is 7.26. The first-order valence-corrected chi connectivity index (χ1v) is 9.60. The zero-order valence-electron chi connectivity index (χ0n) is 16.0. The molecule has 0 aliphatic heterocycles. The molecule has 2 aromatic carbocycles. The molecule has 4 heteroatoms. The Morgan fingerprint density at radius 1 is 0.655 bits per heavy atom. The summed E-state index contributed by atoms with van der Waals surface area (Å²) in [5.41, 5.74) is 0.552. The fourth-order valence-corrected chi connectivity index (χ4v) is 3.99. The van der Waals surface area contributed by atoms with Gasteiger partial charge in [0.15, 0.2) is 0 Å². The highest BCUT2D eigenvalue weighted by atomic mass is 16.4. The van der Waals surface area contributed by atoms with Crippen LogP contribution in [-0.4, -0.2) is 22.2 Å². The van der Waals surface area contributed by atoms with Crippen molar-refractivity contribution in [2.24, 2.45) is 17.3 Å². The molecule has 0 amide bonds. The van der Waals surface area contributed by atoms with Crippen molar-refractivity contribution in [3.63, 3.8) is 0 Å². The summed E-state index contributed by atoms with van der Waals surface area (Å²) in [4.78, 5) is 24.8. The summed E-state index contributed by atoms with van der Waals surface area (Å²) < 4.78 is 0. The van der Waals surface area contributed by atoms with E-state index < -0.39 is 29.2 Å². The van der Waals surface area contributed by atoms with Crippen LogP contribution in [0.3, 0.4) is 0 Å². The molecule has 0 heterocycles. The van der Waals surface area contributed by atoms with E-state index in [1.165, 1.54) is 0 Å².